The zero-order valence-electron chi connectivity index (χ0n) is 12.0. The van der Waals surface area contributed by atoms with Crippen LogP contribution in [0, 0.1) is 10.1 Å². The van der Waals surface area contributed by atoms with Crippen LogP contribution in [0.3, 0.4) is 0 Å². The molecule has 0 unspecified atom stereocenters. The molecule has 1 saturated heterocycles. The van der Waals surface area contributed by atoms with Gasteiger partial charge >= 0.3 is 0 Å². The molecule has 114 valence electrons. The molecule has 2 rings (SSSR count). The number of carbonyl (C=O) groups is 1. The lowest BCUT2D eigenvalue weighted by atomic mass is 10.1. The van der Waals surface area contributed by atoms with Crippen LogP contribution in [0.5, 0.6) is 0 Å². The Morgan fingerprint density at radius 3 is 2.81 bits per heavy atom. The third-order valence-electron chi connectivity index (χ3n) is 3.51. The molecule has 0 saturated carbocycles. The van der Waals surface area contributed by atoms with Crippen LogP contribution in [0.1, 0.15) is 30.6 Å². The number of nitrogens with zero attached hydrogens (tertiary/aromatic N) is 2. The third-order valence-corrected chi connectivity index (χ3v) is 5.21. The normalized spacial score (nSPS) is 18.1. The Morgan fingerprint density at radius 1 is 1.43 bits per heavy atom. The predicted octanol–water partition coefficient (Wildman–Crippen LogP) is 3.61. The van der Waals surface area contributed by atoms with Crippen molar-refractivity contribution in [3.8, 4) is 0 Å². The summed E-state index contributed by atoms with van der Waals surface area (Å²) in [5.74, 6) is 0.696. The molecule has 0 aromatic heterocycles. The van der Waals surface area contributed by atoms with E-state index < -0.39 is 4.92 Å². The van der Waals surface area contributed by atoms with E-state index in [-0.39, 0.29) is 21.4 Å². The summed E-state index contributed by atoms with van der Waals surface area (Å²) in [5.41, 5.74) is 0.0860. The first-order valence-electron chi connectivity index (χ1n) is 6.67. The van der Waals surface area contributed by atoms with Crippen LogP contribution in [-0.4, -0.2) is 39.3 Å². The Balaban J connectivity index is 2.20. The van der Waals surface area contributed by atoms with Gasteiger partial charge in [-0.2, -0.15) is 11.8 Å². The molecular weight excluding hydrogens is 312 g/mol. The van der Waals surface area contributed by atoms with Crippen molar-refractivity contribution in [2.75, 3.05) is 18.8 Å². The van der Waals surface area contributed by atoms with Crippen molar-refractivity contribution in [3.05, 3.63) is 38.9 Å². The molecule has 1 aromatic carbocycles. The topological polar surface area (TPSA) is 63.5 Å². The SMILES string of the molecule is CC1(C)CCN(C(=O)c2ccc(Cl)c([N+](=O)[O-])c2)CCS1. The van der Waals surface area contributed by atoms with E-state index in [4.69, 9.17) is 11.6 Å². The smallest absolute Gasteiger partial charge is 0.288 e. The van der Waals surface area contributed by atoms with Gasteiger partial charge in [0.1, 0.15) is 5.02 Å². The van der Waals surface area contributed by atoms with Crippen LogP contribution in [0.4, 0.5) is 5.69 Å². The number of carbonyl (C=O) groups excluding carboxylic acids is 1. The molecule has 0 bridgehead atoms. The van der Waals surface area contributed by atoms with Gasteiger partial charge in [0.2, 0.25) is 0 Å². The van der Waals surface area contributed by atoms with Crippen molar-refractivity contribution in [1.82, 2.24) is 4.90 Å². The molecule has 1 heterocycles. The second-order valence-corrected chi connectivity index (χ2v) is 7.78. The summed E-state index contributed by atoms with van der Waals surface area (Å²) in [6.07, 6.45) is 0.902. The highest BCUT2D eigenvalue weighted by atomic mass is 35.5. The minimum Gasteiger partial charge on any atom is -0.338 e. The molecule has 0 radical (unpaired) electrons. The maximum absolute atomic E-state index is 12.5. The number of benzene rings is 1. The van der Waals surface area contributed by atoms with E-state index >= 15 is 0 Å². The number of hydrogen-bond donors (Lipinski definition) is 0. The van der Waals surface area contributed by atoms with Crippen molar-refractivity contribution in [3.63, 3.8) is 0 Å². The minimum atomic E-state index is -0.569. The van der Waals surface area contributed by atoms with Gasteiger partial charge in [0.05, 0.1) is 4.92 Å². The Labute approximate surface area is 132 Å². The van der Waals surface area contributed by atoms with Gasteiger partial charge in [0.15, 0.2) is 0 Å². The number of thioether (sulfide) groups is 1. The summed E-state index contributed by atoms with van der Waals surface area (Å²) >= 11 is 7.62. The Hall–Kier alpha value is -1.27. The van der Waals surface area contributed by atoms with Gasteiger partial charge in [-0.05, 0) is 18.6 Å². The number of nitro groups is 1. The molecule has 1 fully saturated rings. The monoisotopic (exact) mass is 328 g/mol. The summed E-state index contributed by atoms with van der Waals surface area (Å²) in [6, 6.07) is 4.21. The summed E-state index contributed by atoms with van der Waals surface area (Å²) in [7, 11) is 0. The van der Waals surface area contributed by atoms with Crippen molar-refractivity contribution < 1.29 is 9.72 Å². The number of amides is 1. The number of nitro benzene ring substituents is 1. The molecule has 1 aliphatic rings. The van der Waals surface area contributed by atoms with Crippen LogP contribution in [-0.2, 0) is 0 Å². The highest BCUT2D eigenvalue weighted by Crippen LogP contribution is 2.31. The summed E-state index contributed by atoms with van der Waals surface area (Å²) in [4.78, 5) is 24.6. The molecule has 1 amide bonds. The van der Waals surface area contributed by atoms with Gasteiger partial charge in [-0.15, -0.1) is 0 Å². The molecule has 0 atom stereocenters. The largest absolute Gasteiger partial charge is 0.338 e. The van der Waals surface area contributed by atoms with Crippen LogP contribution in [0.25, 0.3) is 0 Å². The number of rotatable bonds is 2. The second kappa shape index (κ2) is 6.23. The third kappa shape index (κ3) is 3.89. The van der Waals surface area contributed by atoms with Crippen molar-refractivity contribution >= 4 is 35.0 Å². The van der Waals surface area contributed by atoms with E-state index in [1.54, 1.807) is 11.0 Å². The fraction of sp³-hybridized carbons (Fsp3) is 0.500. The molecule has 7 heteroatoms. The van der Waals surface area contributed by atoms with Gasteiger partial charge in [0, 0.05) is 35.2 Å². The second-order valence-electron chi connectivity index (χ2n) is 5.57. The van der Waals surface area contributed by atoms with Gasteiger partial charge < -0.3 is 4.90 Å². The quantitative estimate of drug-likeness (QED) is 0.614. The molecule has 1 aromatic rings. The summed E-state index contributed by atoms with van der Waals surface area (Å²) < 4.78 is 0.154. The maximum atomic E-state index is 12.5. The summed E-state index contributed by atoms with van der Waals surface area (Å²) in [6.45, 7) is 5.65. The number of hydrogen-bond acceptors (Lipinski definition) is 4. The maximum Gasteiger partial charge on any atom is 0.288 e. The van der Waals surface area contributed by atoms with Crippen molar-refractivity contribution in [2.45, 2.75) is 25.0 Å². The van der Waals surface area contributed by atoms with Gasteiger partial charge in [-0.25, -0.2) is 0 Å². The van der Waals surface area contributed by atoms with E-state index in [2.05, 4.69) is 13.8 Å². The molecule has 0 N–H and O–H groups in total. The van der Waals surface area contributed by atoms with Crippen molar-refractivity contribution in [2.24, 2.45) is 0 Å². The fourth-order valence-corrected chi connectivity index (χ4v) is 3.48. The lowest BCUT2D eigenvalue weighted by molar-refractivity contribution is -0.384. The van der Waals surface area contributed by atoms with Gasteiger partial charge in [0.25, 0.3) is 11.6 Å². The average molecular weight is 329 g/mol. The predicted molar refractivity (Wildman–Crippen MR) is 85.2 cm³/mol. The van der Waals surface area contributed by atoms with Crippen LogP contribution >= 0.6 is 23.4 Å². The van der Waals surface area contributed by atoms with E-state index in [1.807, 2.05) is 11.8 Å². The lowest BCUT2D eigenvalue weighted by Crippen LogP contribution is -2.33. The highest BCUT2D eigenvalue weighted by molar-refractivity contribution is 8.00. The average Bonchev–Trinajstić information content (AvgIpc) is 2.59. The van der Waals surface area contributed by atoms with Crippen LogP contribution in [0.15, 0.2) is 18.2 Å². The molecule has 21 heavy (non-hydrogen) atoms. The van der Waals surface area contributed by atoms with Crippen LogP contribution in [0.2, 0.25) is 5.02 Å². The highest BCUT2D eigenvalue weighted by Gasteiger charge is 2.27. The molecule has 5 nitrogen and oxygen atoms in total. The Morgan fingerprint density at radius 2 is 2.14 bits per heavy atom. The number of halogens is 1. The molecule has 0 spiro atoms. The molecular formula is C14H17ClN2O3S. The lowest BCUT2D eigenvalue weighted by Gasteiger charge is -2.22. The van der Waals surface area contributed by atoms with Crippen molar-refractivity contribution in [1.29, 1.82) is 0 Å². The first-order chi connectivity index (χ1) is 9.80. The molecule has 1 aliphatic heterocycles. The van der Waals surface area contributed by atoms with E-state index in [1.165, 1.54) is 12.1 Å². The van der Waals surface area contributed by atoms with Gasteiger partial charge in [-0.3, -0.25) is 14.9 Å². The zero-order chi connectivity index (χ0) is 15.6. The Kier molecular flexibility index (Phi) is 4.78. The summed E-state index contributed by atoms with van der Waals surface area (Å²) in [5, 5.41) is 11.0. The Bertz CT molecular complexity index is 577. The van der Waals surface area contributed by atoms with E-state index in [0.717, 1.165) is 12.2 Å². The minimum absolute atomic E-state index is 0.0455. The fourth-order valence-electron chi connectivity index (χ4n) is 2.19. The van der Waals surface area contributed by atoms with Gasteiger partial charge in [-0.1, -0.05) is 25.4 Å². The standard InChI is InChI=1S/C14H17ClN2O3S/c1-14(2)5-6-16(7-8-21-14)13(18)10-3-4-11(15)12(9-10)17(19)20/h3-4,9H,5-8H2,1-2H3. The van der Waals surface area contributed by atoms with Crippen LogP contribution < -0.4 is 0 Å². The van der Waals surface area contributed by atoms with E-state index in [0.29, 0.717) is 18.7 Å². The first-order valence-corrected chi connectivity index (χ1v) is 8.04. The zero-order valence-corrected chi connectivity index (χ0v) is 13.5. The first kappa shape index (κ1) is 16.1. The van der Waals surface area contributed by atoms with E-state index in [9.17, 15) is 14.9 Å². The molecule has 0 aliphatic carbocycles.